The zero-order valence-corrected chi connectivity index (χ0v) is 5.41. The van der Waals surface area contributed by atoms with Gasteiger partial charge in [-0.3, -0.25) is 9.59 Å². The average molecular weight is 143 g/mol. The van der Waals surface area contributed by atoms with Crippen LogP contribution in [0.15, 0.2) is 0 Å². The first kappa shape index (κ1) is 8.94. The van der Waals surface area contributed by atoms with Crippen molar-refractivity contribution in [1.82, 2.24) is 0 Å². The fraction of sp³-hybridized carbons (Fsp3) is 0.500. The monoisotopic (exact) mass is 143 g/mol. The van der Waals surface area contributed by atoms with Gasteiger partial charge in [-0.05, 0) is 13.3 Å². The molecule has 0 saturated carbocycles. The van der Waals surface area contributed by atoms with Gasteiger partial charge in [-0.1, -0.05) is 0 Å². The second kappa shape index (κ2) is 3.87. The van der Waals surface area contributed by atoms with Crippen LogP contribution in [0.3, 0.4) is 0 Å². The van der Waals surface area contributed by atoms with Crippen molar-refractivity contribution < 1.29 is 14.7 Å². The molecular formula is C6H9NO3. The number of rotatable bonds is 4. The van der Waals surface area contributed by atoms with Crippen molar-refractivity contribution >= 4 is 11.9 Å². The van der Waals surface area contributed by atoms with Crippen molar-refractivity contribution in [3.63, 3.8) is 0 Å². The van der Waals surface area contributed by atoms with Gasteiger partial charge in [0.05, 0.1) is 5.92 Å². The molecule has 0 aliphatic rings. The SMILES string of the molecule is [CH]C(CCC(N)=O)C(=O)O. The molecule has 0 bridgehead atoms. The minimum Gasteiger partial charge on any atom is -0.481 e. The van der Waals surface area contributed by atoms with E-state index in [1.54, 1.807) is 0 Å². The summed E-state index contributed by atoms with van der Waals surface area (Å²) in [5.74, 6) is -2.62. The Morgan fingerprint density at radius 3 is 2.40 bits per heavy atom. The molecule has 4 heteroatoms. The predicted molar refractivity (Wildman–Crippen MR) is 33.9 cm³/mol. The van der Waals surface area contributed by atoms with Gasteiger partial charge >= 0.3 is 5.97 Å². The van der Waals surface area contributed by atoms with E-state index < -0.39 is 17.8 Å². The Morgan fingerprint density at radius 1 is 1.60 bits per heavy atom. The highest BCUT2D eigenvalue weighted by molar-refractivity contribution is 5.75. The van der Waals surface area contributed by atoms with Gasteiger partial charge in [0, 0.05) is 6.42 Å². The van der Waals surface area contributed by atoms with E-state index in [4.69, 9.17) is 17.8 Å². The summed E-state index contributed by atoms with van der Waals surface area (Å²) in [6.07, 6.45) is 0.123. The highest BCUT2D eigenvalue weighted by Crippen LogP contribution is 2.03. The summed E-state index contributed by atoms with van der Waals surface area (Å²) in [5.41, 5.74) is 4.75. The molecule has 0 spiro atoms. The first-order valence-corrected chi connectivity index (χ1v) is 2.80. The molecular weight excluding hydrogens is 134 g/mol. The summed E-state index contributed by atoms with van der Waals surface area (Å²) in [6, 6.07) is 0. The van der Waals surface area contributed by atoms with Gasteiger partial charge in [0.1, 0.15) is 0 Å². The van der Waals surface area contributed by atoms with Gasteiger partial charge in [-0.2, -0.15) is 0 Å². The average Bonchev–Trinajstić information content (AvgIpc) is 1.82. The number of carboxylic acids is 1. The number of primary amides is 1. The number of carbonyl (C=O) groups is 2. The summed E-state index contributed by atoms with van der Waals surface area (Å²) < 4.78 is 0. The van der Waals surface area contributed by atoms with Crippen molar-refractivity contribution in [3.05, 3.63) is 6.92 Å². The summed E-state index contributed by atoms with van der Waals surface area (Å²) in [5, 5.41) is 8.22. The predicted octanol–water partition coefficient (Wildman–Crippen LogP) is -0.336. The Hall–Kier alpha value is -1.06. The van der Waals surface area contributed by atoms with Crippen LogP contribution in [-0.2, 0) is 9.59 Å². The molecule has 0 fully saturated rings. The summed E-state index contributed by atoms with van der Waals surface area (Å²) in [7, 11) is 0. The molecule has 0 rings (SSSR count). The van der Waals surface area contributed by atoms with E-state index in [2.05, 4.69) is 0 Å². The maximum atomic E-state index is 10.1. The van der Waals surface area contributed by atoms with Crippen molar-refractivity contribution in [3.8, 4) is 0 Å². The molecule has 0 aliphatic carbocycles. The molecule has 10 heavy (non-hydrogen) atoms. The number of carboxylic acid groups (broad SMARTS) is 1. The molecule has 1 unspecified atom stereocenters. The summed E-state index contributed by atoms with van der Waals surface area (Å²) >= 11 is 0. The molecule has 1 atom stereocenters. The van der Waals surface area contributed by atoms with Gasteiger partial charge in [0.25, 0.3) is 0 Å². The van der Waals surface area contributed by atoms with Crippen LogP contribution in [0.5, 0.6) is 0 Å². The van der Waals surface area contributed by atoms with Crippen LogP contribution in [-0.4, -0.2) is 17.0 Å². The molecule has 1 amide bonds. The fourth-order valence-electron chi connectivity index (χ4n) is 0.421. The van der Waals surface area contributed by atoms with E-state index in [0.29, 0.717) is 0 Å². The fourth-order valence-corrected chi connectivity index (χ4v) is 0.421. The maximum Gasteiger partial charge on any atom is 0.306 e. The normalized spacial score (nSPS) is 12.5. The van der Waals surface area contributed by atoms with Gasteiger partial charge in [0.2, 0.25) is 5.91 Å². The molecule has 0 aliphatic heterocycles. The molecule has 0 heterocycles. The zero-order valence-electron chi connectivity index (χ0n) is 5.41. The molecule has 2 radical (unpaired) electrons. The van der Waals surface area contributed by atoms with Crippen LogP contribution in [0, 0.1) is 12.8 Å². The van der Waals surface area contributed by atoms with Gasteiger partial charge in [-0.15, -0.1) is 0 Å². The van der Waals surface area contributed by atoms with E-state index in [0.717, 1.165) is 0 Å². The highest BCUT2D eigenvalue weighted by atomic mass is 16.4. The van der Waals surface area contributed by atoms with Crippen molar-refractivity contribution in [2.75, 3.05) is 0 Å². The Balaban J connectivity index is 3.49. The number of nitrogens with two attached hydrogens (primary N) is 1. The van der Waals surface area contributed by atoms with Crippen LogP contribution in [0.25, 0.3) is 0 Å². The van der Waals surface area contributed by atoms with Crippen molar-refractivity contribution in [1.29, 1.82) is 0 Å². The molecule has 4 nitrogen and oxygen atoms in total. The van der Waals surface area contributed by atoms with Gasteiger partial charge < -0.3 is 10.8 Å². The third-order valence-corrected chi connectivity index (χ3v) is 1.02. The molecule has 0 aromatic rings. The van der Waals surface area contributed by atoms with Crippen molar-refractivity contribution in [2.24, 2.45) is 11.7 Å². The zero-order chi connectivity index (χ0) is 8.15. The second-order valence-corrected chi connectivity index (χ2v) is 1.95. The first-order chi connectivity index (χ1) is 4.54. The highest BCUT2D eigenvalue weighted by Gasteiger charge is 2.11. The standard InChI is InChI=1S/C6H9NO3/c1-4(6(9)10)2-3-5(7)8/h1,4H,2-3H2,(H2,7,8)(H,9,10). The smallest absolute Gasteiger partial charge is 0.306 e. The largest absolute Gasteiger partial charge is 0.481 e. The molecule has 3 N–H and O–H groups in total. The lowest BCUT2D eigenvalue weighted by Gasteiger charge is -2.01. The summed E-state index contributed by atoms with van der Waals surface area (Å²) in [6.45, 7) is 5.06. The van der Waals surface area contributed by atoms with E-state index in [9.17, 15) is 9.59 Å². The Bertz CT molecular complexity index is 144. The lowest BCUT2D eigenvalue weighted by atomic mass is 10.1. The minimum atomic E-state index is -1.11. The van der Waals surface area contributed by atoms with Gasteiger partial charge in [-0.25, -0.2) is 0 Å². The van der Waals surface area contributed by atoms with E-state index >= 15 is 0 Å². The van der Waals surface area contributed by atoms with E-state index in [1.807, 2.05) is 0 Å². The number of carbonyl (C=O) groups excluding carboxylic acids is 1. The minimum absolute atomic E-state index is 0.0213. The topological polar surface area (TPSA) is 80.4 Å². The lowest BCUT2D eigenvalue weighted by Crippen LogP contribution is -2.15. The van der Waals surface area contributed by atoms with Crippen LogP contribution in [0.4, 0.5) is 0 Å². The summed E-state index contributed by atoms with van der Waals surface area (Å²) in [4.78, 5) is 20.1. The van der Waals surface area contributed by atoms with Crippen LogP contribution < -0.4 is 5.73 Å². The Morgan fingerprint density at radius 2 is 2.10 bits per heavy atom. The number of amides is 1. The Kier molecular flexibility index (Phi) is 3.46. The van der Waals surface area contributed by atoms with Crippen LogP contribution >= 0.6 is 0 Å². The molecule has 0 aromatic carbocycles. The quantitative estimate of drug-likeness (QED) is 0.565. The van der Waals surface area contributed by atoms with E-state index in [1.165, 1.54) is 0 Å². The lowest BCUT2D eigenvalue weighted by molar-refractivity contribution is -0.140. The molecule has 0 aromatic heterocycles. The second-order valence-electron chi connectivity index (χ2n) is 1.95. The number of hydrogen-bond donors (Lipinski definition) is 2. The number of aliphatic carboxylic acids is 1. The van der Waals surface area contributed by atoms with Crippen molar-refractivity contribution in [2.45, 2.75) is 12.8 Å². The van der Waals surface area contributed by atoms with Gasteiger partial charge in [0.15, 0.2) is 0 Å². The Labute approximate surface area is 59.0 Å². The van der Waals surface area contributed by atoms with E-state index in [-0.39, 0.29) is 12.8 Å². The van der Waals surface area contributed by atoms with Crippen LogP contribution in [0.1, 0.15) is 12.8 Å². The maximum absolute atomic E-state index is 10.1. The third-order valence-electron chi connectivity index (χ3n) is 1.02. The third kappa shape index (κ3) is 3.88. The number of hydrogen-bond acceptors (Lipinski definition) is 2. The first-order valence-electron chi connectivity index (χ1n) is 2.80. The van der Waals surface area contributed by atoms with Crippen LogP contribution in [0.2, 0.25) is 0 Å². The molecule has 0 saturated heterocycles. The molecule has 56 valence electrons.